The van der Waals surface area contributed by atoms with Gasteiger partial charge in [-0.1, -0.05) is 72.4 Å². The van der Waals surface area contributed by atoms with Crippen molar-refractivity contribution in [1.82, 2.24) is 14.8 Å². The van der Waals surface area contributed by atoms with Crippen molar-refractivity contribution >= 4 is 11.8 Å². The van der Waals surface area contributed by atoms with Gasteiger partial charge in [0.2, 0.25) is 0 Å². The number of aromatic nitrogens is 3. The van der Waals surface area contributed by atoms with Crippen molar-refractivity contribution in [3.63, 3.8) is 0 Å². The summed E-state index contributed by atoms with van der Waals surface area (Å²) in [7, 11) is 0. The van der Waals surface area contributed by atoms with Gasteiger partial charge in [-0.2, -0.15) is 0 Å². The minimum atomic E-state index is 0.347. The minimum absolute atomic E-state index is 0.347. The van der Waals surface area contributed by atoms with E-state index in [-0.39, 0.29) is 0 Å². The molecule has 112 valence electrons. The van der Waals surface area contributed by atoms with E-state index in [1.165, 1.54) is 5.56 Å². The van der Waals surface area contributed by atoms with E-state index in [2.05, 4.69) is 65.0 Å². The lowest BCUT2D eigenvalue weighted by molar-refractivity contribution is 0.686. The summed E-state index contributed by atoms with van der Waals surface area (Å²) in [6.45, 7) is 5.20. The molecular formula is C18H19N3S. The highest BCUT2D eigenvalue weighted by molar-refractivity contribution is 7.99. The lowest BCUT2D eigenvalue weighted by atomic mass is 10.2. The molecule has 0 fully saturated rings. The Morgan fingerprint density at radius 1 is 0.955 bits per heavy atom. The molecule has 0 radical (unpaired) electrons. The molecule has 0 N–H and O–H groups in total. The van der Waals surface area contributed by atoms with Gasteiger partial charge < -0.3 is 4.57 Å². The fraction of sp³-hybridized carbons (Fsp3) is 0.222. The van der Waals surface area contributed by atoms with Crippen molar-refractivity contribution in [1.29, 1.82) is 0 Å². The SMILES string of the molecule is CCn1c(SC(C)c2ccccc2)nnc1-c1ccccc1. The summed E-state index contributed by atoms with van der Waals surface area (Å²) in [6, 6.07) is 20.7. The van der Waals surface area contributed by atoms with Crippen molar-refractivity contribution in [2.75, 3.05) is 0 Å². The van der Waals surface area contributed by atoms with Crippen molar-refractivity contribution in [3.05, 3.63) is 66.2 Å². The third-order valence-corrected chi connectivity index (χ3v) is 4.75. The van der Waals surface area contributed by atoms with Gasteiger partial charge in [0.15, 0.2) is 11.0 Å². The van der Waals surface area contributed by atoms with Gasteiger partial charge in [0.05, 0.1) is 0 Å². The van der Waals surface area contributed by atoms with Gasteiger partial charge in [0.25, 0.3) is 0 Å². The van der Waals surface area contributed by atoms with Gasteiger partial charge in [0, 0.05) is 17.4 Å². The number of hydrogen-bond donors (Lipinski definition) is 0. The first kappa shape index (κ1) is 14.9. The molecule has 0 aliphatic heterocycles. The maximum atomic E-state index is 4.40. The molecule has 3 nitrogen and oxygen atoms in total. The molecule has 22 heavy (non-hydrogen) atoms. The van der Waals surface area contributed by atoms with E-state index < -0.39 is 0 Å². The van der Waals surface area contributed by atoms with Crippen LogP contribution in [0.1, 0.15) is 24.7 Å². The second-order valence-corrected chi connectivity index (χ2v) is 6.40. The molecule has 1 unspecified atom stereocenters. The van der Waals surface area contributed by atoms with Gasteiger partial charge in [-0.15, -0.1) is 10.2 Å². The molecule has 0 aliphatic rings. The first-order valence-corrected chi connectivity index (χ1v) is 8.37. The Bertz CT molecular complexity index is 723. The molecular weight excluding hydrogens is 290 g/mol. The monoisotopic (exact) mass is 309 g/mol. The summed E-state index contributed by atoms with van der Waals surface area (Å²) in [6.07, 6.45) is 0. The summed E-state index contributed by atoms with van der Waals surface area (Å²) in [5.74, 6) is 0.936. The zero-order chi connectivity index (χ0) is 15.4. The molecule has 0 saturated heterocycles. The minimum Gasteiger partial charge on any atom is -0.302 e. The number of nitrogens with zero attached hydrogens (tertiary/aromatic N) is 3. The number of hydrogen-bond acceptors (Lipinski definition) is 3. The average Bonchev–Trinajstić information content (AvgIpc) is 2.99. The molecule has 1 aromatic heterocycles. The van der Waals surface area contributed by atoms with Crippen LogP contribution in [0.5, 0.6) is 0 Å². The van der Waals surface area contributed by atoms with E-state index in [4.69, 9.17) is 0 Å². The molecule has 1 heterocycles. The number of thioether (sulfide) groups is 1. The van der Waals surface area contributed by atoms with Crippen molar-refractivity contribution in [2.24, 2.45) is 0 Å². The Morgan fingerprint density at radius 2 is 1.59 bits per heavy atom. The van der Waals surface area contributed by atoms with Gasteiger partial charge >= 0.3 is 0 Å². The molecule has 3 aromatic rings. The molecule has 1 atom stereocenters. The van der Waals surface area contributed by atoms with Gasteiger partial charge in [-0.25, -0.2) is 0 Å². The Labute approximate surface area is 135 Å². The van der Waals surface area contributed by atoms with E-state index in [9.17, 15) is 0 Å². The van der Waals surface area contributed by atoms with Gasteiger partial charge in [-0.05, 0) is 19.4 Å². The molecule has 0 aliphatic carbocycles. The van der Waals surface area contributed by atoms with Crippen LogP contribution >= 0.6 is 11.8 Å². The summed E-state index contributed by atoms with van der Waals surface area (Å²) in [4.78, 5) is 0. The molecule has 0 spiro atoms. The number of rotatable bonds is 5. The van der Waals surface area contributed by atoms with Crippen LogP contribution in [0, 0.1) is 0 Å². The summed E-state index contributed by atoms with van der Waals surface area (Å²) < 4.78 is 2.18. The highest BCUT2D eigenvalue weighted by atomic mass is 32.2. The van der Waals surface area contributed by atoms with Crippen LogP contribution in [-0.2, 0) is 6.54 Å². The maximum absolute atomic E-state index is 4.40. The van der Waals surface area contributed by atoms with E-state index in [1.807, 2.05) is 24.3 Å². The summed E-state index contributed by atoms with van der Waals surface area (Å²) in [5.41, 5.74) is 2.41. The Kier molecular flexibility index (Phi) is 4.59. The smallest absolute Gasteiger partial charge is 0.192 e. The van der Waals surface area contributed by atoms with E-state index in [1.54, 1.807) is 11.8 Å². The van der Waals surface area contributed by atoms with Crippen LogP contribution in [0.2, 0.25) is 0 Å². The van der Waals surface area contributed by atoms with Crippen LogP contribution in [0.25, 0.3) is 11.4 Å². The average molecular weight is 309 g/mol. The summed E-state index contributed by atoms with van der Waals surface area (Å²) in [5, 5.41) is 10.1. The largest absolute Gasteiger partial charge is 0.302 e. The zero-order valence-corrected chi connectivity index (χ0v) is 13.6. The number of benzene rings is 2. The Morgan fingerprint density at radius 3 is 2.23 bits per heavy atom. The fourth-order valence-corrected chi connectivity index (χ4v) is 3.45. The highest BCUT2D eigenvalue weighted by Crippen LogP contribution is 2.35. The zero-order valence-electron chi connectivity index (χ0n) is 12.8. The quantitative estimate of drug-likeness (QED) is 0.633. The lowest BCUT2D eigenvalue weighted by Crippen LogP contribution is -2.00. The van der Waals surface area contributed by atoms with Gasteiger partial charge in [-0.3, -0.25) is 0 Å². The predicted octanol–water partition coefficient (Wildman–Crippen LogP) is 4.82. The molecule has 0 amide bonds. The van der Waals surface area contributed by atoms with Crippen molar-refractivity contribution < 1.29 is 0 Å². The van der Waals surface area contributed by atoms with Crippen LogP contribution < -0.4 is 0 Å². The van der Waals surface area contributed by atoms with Crippen LogP contribution in [0.15, 0.2) is 65.8 Å². The fourth-order valence-electron chi connectivity index (χ4n) is 2.41. The highest BCUT2D eigenvalue weighted by Gasteiger charge is 2.16. The van der Waals surface area contributed by atoms with Crippen molar-refractivity contribution in [2.45, 2.75) is 30.8 Å². The molecule has 4 heteroatoms. The third-order valence-electron chi connectivity index (χ3n) is 3.62. The van der Waals surface area contributed by atoms with Crippen LogP contribution in [0.4, 0.5) is 0 Å². The third kappa shape index (κ3) is 3.07. The normalized spacial score (nSPS) is 12.3. The molecule has 0 bridgehead atoms. The second kappa shape index (κ2) is 6.79. The standard InChI is InChI=1S/C18H19N3S/c1-3-21-17(16-12-8-5-9-13-16)19-20-18(21)22-14(2)15-10-6-4-7-11-15/h4-14H,3H2,1-2H3. The summed E-state index contributed by atoms with van der Waals surface area (Å²) >= 11 is 1.75. The van der Waals surface area contributed by atoms with Crippen molar-refractivity contribution in [3.8, 4) is 11.4 Å². The van der Waals surface area contributed by atoms with Crippen LogP contribution in [-0.4, -0.2) is 14.8 Å². The Hall–Kier alpha value is -2.07. The van der Waals surface area contributed by atoms with Gasteiger partial charge in [0.1, 0.15) is 0 Å². The molecule has 0 saturated carbocycles. The Balaban J connectivity index is 1.88. The molecule has 3 rings (SSSR count). The predicted molar refractivity (Wildman–Crippen MR) is 91.8 cm³/mol. The molecule has 2 aromatic carbocycles. The van der Waals surface area contributed by atoms with Crippen LogP contribution in [0.3, 0.4) is 0 Å². The second-order valence-electron chi connectivity index (χ2n) is 5.09. The van der Waals surface area contributed by atoms with E-state index >= 15 is 0 Å². The lowest BCUT2D eigenvalue weighted by Gasteiger charge is -2.12. The van der Waals surface area contributed by atoms with E-state index in [0.29, 0.717) is 5.25 Å². The first-order valence-electron chi connectivity index (χ1n) is 7.49. The first-order chi connectivity index (χ1) is 10.8. The topological polar surface area (TPSA) is 30.7 Å². The van der Waals surface area contributed by atoms with E-state index in [0.717, 1.165) is 23.1 Å². The maximum Gasteiger partial charge on any atom is 0.192 e.